The number of nitrogens with zero attached hydrogens (tertiary/aromatic N) is 1. The quantitative estimate of drug-likeness (QED) is 0.335. The molecule has 4 N–H and O–H groups in total. The van der Waals surface area contributed by atoms with Crippen LogP contribution in [0.2, 0.25) is 0 Å². The molecule has 2 aliphatic carbocycles. The Kier molecular flexibility index (Phi) is 8.76. The van der Waals surface area contributed by atoms with Gasteiger partial charge in [0.05, 0.1) is 23.1 Å². The standard InChI is InChI=1S/C28H44N4O9S/c1-16-9-7-8-10-18-14-28(18,24(36)31-42(38,39)27(6)11-12-27)30-22(34)20-13-19(33)15-32(20)23(35)21(17(2)40-16)29-25(37)41-26(3,4)5/h8,10,16-21,33H,7,9,11-15H2,1-6H3,(H,29,37)(H,30,34)(H,31,36)/b10-8-/t16-,17+,18?,19-,20+,21+,28-/m1/s1. The second kappa shape index (κ2) is 11.4. The first kappa shape index (κ1) is 32.2. The number of hydrogen-bond acceptors (Lipinski definition) is 9. The first-order valence-electron chi connectivity index (χ1n) is 14.6. The molecule has 13 nitrogen and oxygen atoms in total. The lowest BCUT2D eigenvalue weighted by Crippen LogP contribution is -2.60. The van der Waals surface area contributed by atoms with Crippen LogP contribution in [0, 0.1) is 5.92 Å². The Morgan fingerprint density at radius 3 is 2.50 bits per heavy atom. The molecule has 236 valence electrons. The summed E-state index contributed by atoms with van der Waals surface area (Å²) in [5.41, 5.74) is -2.35. The minimum absolute atomic E-state index is 0.100. The van der Waals surface area contributed by atoms with Gasteiger partial charge in [-0.05, 0) is 73.6 Å². The molecule has 0 spiro atoms. The van der Waals surface area contributed by atoms with Crippen LogP contribution in [0.25, 0.3) is 0 Å². The summed E-state index contributed by atoms with van der Waals surface area (Å²) >= 11 is 0. The third kappa shape index (κ3) is 6.91. The van der Waals surface area contributed by atoms with E-state index in [2.05, 4.69) is 15.4 Å². The van der Waals surface area contributed by atoms with Crippen molar-refractivity contribution in [3.05, 3.63) is 12.2 Å². The second-order valence-corrected chi connectivity index (χ2v) is 15.5. The average Bonchev–Trinajstić information content (AvgIpc) is 3.74. The van der Waals surface area contributed by atoms with Crippen LogP contribution in [-0.4, -0.2) is 95.1 Å². The van der Waals surface area contributed by atoms with Crippen LogP contribution in [0.3, 0.4) is 0 Å². The summed E-state index contributed by atoms with van der Waals surface area (Å²) in [5.74, 6) is -2.63. The molecule has 2 heterocycles. The molecule has 0 aromatic rings. The van der Waals surface area contributed by atoms with Crippen molar-refractivity contribution in [3.63, 3.8) is 0 Å². The molecule has 0 aromatic heterocycles. The predicted molar refractivity (Wildman–Crippen MR) is 151 cm³/mol. The van der Waals surface area contributed by atoms with Gasteiger partial charge in [0, 0.05) is 18.9 Å². The number of alkyl carbamates (subject to hydrolysis) is 1. The summed E-state index contributed by atoms with van der Waals surface area (Å²) in [6.07, 6.45) is 2.73. The topological polar surface area (TPSA) is 180 Å². The Bertz CT molecular complexity index is 1240. The van der Waals surface area contributed by atoms with Gasteiger partial charge in [0.25, 0.3) is 5.91 Å². The summed E-state index contributed by atoms with van der Waals surface area (Å²) in [7, 11) is -3.96. The smallest absolute Gasteiger partial charge is 0.408 e. The number of carbonyl (C=O) groups is 4. The molecule has 4 rings (SSSR count). The lowest BCUT2D eigenvalue weighted by atomic mass is 10.1. The van der Waals surface area contributed by atoms with E-state index in [0.717, 1.165) is 0 Å². The Hall–Kier alpha value is -2.71. The number of ether oxygens (including phenoxy) is 2. The molecule has 2 saturated carbocycles. The summed E-state index contributed by atoms with van der Waals surface area (Å²) in [4.78, 5) is 54.9. The number of amides is 4. The van der Waals surface area contributed by atoms with E-state index >= 15 is 0 Å². The third-order valence-electron chi connectivity index (χ3n) is 8.42. The number of sulfonamides is 1. The summed E-state index contributed by atoms with van der Waals surface area (Å²) in [6.45, 7) is 9.92. The Morgan fingerprint density at radius 1 is 1.21 bits per heavy atom. The maximum absolute atomic E-state index is 13.9. The fraction of sp³-hybridized carbons (Fsp3) is 0.786. The molecule has 3 fully saturated rings. The number of allylic oxidation sites excluding steroid dienone is 1. The zero-order chi connectivity index (χ0) is 31.3. The van der Waals surface area contributed by atoms with Gasteiger partial charge in [0.15, 0.2) is 0 Å². The lowest BCUT2D eigenvalue weighted by Gasteiger charge is -2.33. The van der Waals surface area contributed by atoms with Crippen LogP contribution in [0.5, 0.6) is 0 Å². The van der Waals surface area contributed by atoms with E-state index < -0.39 is 79.9 Å². The maximum atomic E-state index is 13.9. The molecule has 14 heteroatoms. The molecule has 7 atom stereocenters. The largest absolute Gasteiger partial charge is 0.444 e. The van der Waals surface area contributed by atoms with Crippen molar-refractivity contribution < 1.29 is 42.2 Å². The van der Waals surface area contributed by atoms with Gasteiger partial charge in [-0.3, -0.25) is 19.1 Å². The maximum Gasteiger partial charge on any atom is 0.408 e. The van der Waals surface area contributed by atoms with E-state index in [1.807, 2.05) is 13.0 Å². The molecule has 0 radical (unpaired) electrons. The van der Waals surface area contributed by atoms with Gasteiger partial charge >= 0.3 is 6.09 Å². The van der Waals surface area contributed by atoms with Crippen LogP contribution in [0.4, 0.5) is 4.79 Å². The number of rotatable bonds is 4. The predicted octanol–water partition coefficient (Wildman–Crippen LogP) is 0.859. The molecule has 2 aliphatic heterocycles. The molecule has 0 aromatic carbocycles. The molecule has 4 aliphatic rings. The first-order chi connectivity index (χ1) is 19.4. The van der Waals surface area contributed by atoms with Crippen molar-refractivity contribution in [3.8, 4) is 0 Å². The van der Waals surface area contributed by atoms with E-state index in [1.165, 1.54) is 4.90 Å². The summed E-state index contributed by atoms with van der Waals surface area (Å²) < 4.78 is 38.3. The Labute approximate surface area is 247 Å². The van der Waals surface area contributed by atoms with Gasteiger partial charge in [0.1, 0.15) is 23.2 Å². The van der Waals surface area contributed by atoms with E-state index in [-0.39, 0.29) is 25.5 Å². The molecule has 42 heavy (non-hydrogen) atoms. The first-order valence-corrected chi connectivity index (χ1v) is 16.0. The van der Waals surface area contributed by atoms with Crippen molar-refractivity contribution in [1.82, 2.24) is 20.3 Å². The van der Waals surface area contributed by atoms with E-state index in [0.29, 0.717) is 25.7 Å². The lowest BCUT2D eigenvalue weighted by molar-refractivity contribution is -0.144. The van der Waals surface area contributed by atoms with Gasteiger partial charge in [-0.2, -0.15) is 0 Å². The summed E-state index contributed by atoms with van der Waals surface area (Å²) in [5, 5.41) is 15.8. The highest BCUT2D eigenvalue weighted by Gasteiger charge is 2.63. The molecule has 0 bridgehead atoms. The van der Waals surface area contributed by atoms with Crippen molar-refractivity contribution in [2.24, 2.45) is 5.92 Å². The fourth-order valence-corrected chi connectivity index (χ4v) is 6.78. The molecule has 4 amide bonds. The molecular formula is C28H44N4O9S. The van der Waals surface area contributed by atoms with E-state index in [4.69, 9.17) is 9.47 Å². The highest BCUT2D eigenvalue weighted by Crippen LogP contribution is 2.47. The van der Waals surface area contributed by atoms with Gasteiger partial charge in [-0.25, -0.2) is 13.2 Å². The second-order valence-electron chi connectivity index (χ2n) is 13.3. The molecule has 1 unspecified atom stereocenters. The minimum atomic E-state index is -3.96. The van der Waals surface area contributed by atoms with Crippen molar-refractivity contribution in [2.45, 2.75) is 126 Å². The van der Waals surface area contributed by atoms with E-state index in [1.54, 1.807) is 40.7 Å². The van der Waals surface area contributed by atoms with Gasteiger partial charge in [0.2, 0.25) is 21.8 Å². The van der Waals surface area contributed by atoms with Crippen molar-refractivity contribution in [2.75, 3.05) is 6.54 Å². The number of fused-ring (bicyclic) bond motifs is 2. The fourth-order valence-electron chi connectivity index (χ4n) is 5.47. The van der Waals surface area contributed by atoms with E-state index in [9.17, 15) is 32.7 Å². The monoisotopic (exact) mass is 612 g/mol. The zero-order valence-electron chi connectivity index (χ0n) is 25.1. The summed E-state index contributed by atoms with van der Waals surface area (Å²) in [6, 6.07) is -2.41. The number of carbonyl (C=O) groups excluding carboxylic acids is 4. The van der Waals surface area contributed by atoms with Crippen molar-refractivity contribution >= 4 is 33.8 Å². The number of nitrogens with one attached hydrogen (secondary N) is 3. The van der Waals surface area contributed by atoms with Crippen LogP contribution < -0.4 is 15.4 Å². The van der Waals surface area contributed by atoms with Crippen LogP contribution in [-0.2, 0) is 33.9 Å². The number of hydrogen-bond donors (Lipinski definition) is 4. The highest BCUT2D eigenvalue weighted by molar-refractivity contribution is 7.91. The van der Waals surface area contributed by atoms with Crippen LogP contribution in [0.1, 0.15) is 80.1 Å². The minimum Gasteiger partial charge on any atom is -0.444 e. The van der Waals surface area contributed by atoms with Crippen LogP contribution in [0.15, 0.2) is 12.2 Å². The zero-order valence-corrected chi connectivity index (χ0v) is 26.0. The highest BCUT2D eigenvalue weighted by atomic mass is 32.2. The Morgan fingerprint density at radius 2 is 1.88 bits per heavy atom. The average molecular weight is 613 g/mol. The normalized spacial score (nSPS) is 35.8. The third-order valence-corrected chi connectivity index (χ3v) is 10.6. The van der Waals surface area contributed by atoms with Gasteiger partial charge in [-0.1, -0.05) is 12.2 Å². The SMILES string of the molecule is C[C@@H]1CC/C=C\C2C[C@@]2(C(=O)NS(=O)(=O)C2(C)CC2)NC(=O)[C@@H]2C[C@@H](O)CN2C(=O)[C@@H](NC(=O)OC(C)(C)C)[C@H](C)O1. The van der Waals surface area contributed by atoms with Crippen LogP contribution >= 0.6 is 0 Å². The van der Waals surface area contributed by atoms with Crippen molar-refractivity contribution in [1.29, 1.82) is 0 Å². The number of aliphatic hydroxyl groups is 1. The van der Waals surface area contributed by atoms with Gasteiger partial charge in [-0.15, -0.1) is 0 Å². The Balaban J connectivity index is 1.63. The van der Waals surface area contributed by atoms with Gasteiger partial charge < -0.3 is 30.1 Å². The molecule has 1 saturated heterocycles. The molecular weight excluding hydrogens is 568 g/mol. The number of aliphatic hydroxyl groups excluding tert-OH is 1.